The number of rotatable bonds is 3. The second kappa shape index (κ2) is 7.06. The normalized spacial score (nSPS) is 22.5. The summed E-state index contributed by atoms with van der Waals surface area (Å²) in [5.41, 5.74) is 2.61. The first-order valence-corrected chi connectivity index (χ1v) is 9.87. The van der Waals surface area contributed by atoms with Gasteiger partial charge in [-0.3, -0.25) is 9.59 Å². The quantitative estimate of drug-likeness (QED) is 0.866. The SMILES string of the molecule is O=C(NC1CCc2cc(F)ccc21)C1CC(=O)N(c2ccc3c(c2)OCCO3)C1. The van der Waals surface area contributed by atoms with E-state index in [4.69, 9.17) is 9.47 Å². The molecule has 2 heterocycles. The Hall–Kier alpha value is -3.09. The van der Waals surface area contributed by atoms with Gasteiger partial charge in [0.2, 0.25) is 11.8 Å². The second-order valence-electron chi connectivity index (χ2n) is 7.68. The highest BCUT2D eigenvalue weighted by Gasteiger charge is 2.37. The standard InChI is InChI=1S/C22H21FN2O4/c23-15-2-4-17-13(9-15)1-5-18(17)24-22(27)14-10-21(26)25(12-14)16-3-6-19-20(11-16)29-8-7-28-19/h2-4,6,9,11,14,18H,1,5,7-8,10,12H2,(H,24,27). The largest absolute Gasteiger partial charge is 0.486 e. The molecule has 7 heteroatoms. The molecular weight excluding hydrogens is 375 g/mol. The van der Waals surface area contributed by atoms with Crippen LogP contribution in [0.25, 0.3) is 0 Å². The number of carbonyl (C=O) groups is 2. The van der Waals surface area contributed by atoms with Crippen LogP contribution >= 0.6 is 0 Å². The molecule has 0 aromatic heterocycles. The molecule has 150 valence electrons. The Morgan fingerprint density at radius 3 is 2.79 bits per heavy atom. The molecule has 2 aromatic carbocycles. The summed E-state index contributed by atoms with van der Waals surface area (Å²) in [7, 11) is 0. The van der Waals surface area contributed by atoms with Gasteiger partial charge in [-0.15, -0.1) is 0 Å². The zero-order valence-corrected chi connectivity index (χ0v) is 15.8. The van der Waals surface area contributed by atoms with Crippen molar-refractivity contribution >= 4 is 17.5 Å². The molecule has 2 unspecified atom stereocenters. The fourth-order valence-electron chi connectivity index (χ4n) is 4.36. The summed E-state index contributed by atoms with van der Waals surface area (Å²) < 4.78 is 24.5. The first-order valence-electron chi connectivity index (χ1n) is 9.87. The number of nitrogens with one attached hydrogen (secondary N) is 1. The van der Waals surface area contributed by atoms with E-state index in [9.17, 15) is 14.0 Å². The molecule has 1 fully saturated rings. The third-order valence-electron chi connectivity index (χ3n) is 5.83. The van der Waals surface area contributed by atoms with Gasteiger partial charge in [-0.1, -0.05) is 6.07 Å². The maximum absolute atomic E-state index is 13.4. The van der Waals surface area contributed by atoms with Crippen LogP contribution in [0.1, 0.15) is 30.0 Å². The van der Waals surface area contributed by atoms with Crippen molar-refractivity contribution in [3.05, 3.63) is 53.3 Å². The van der Waals surface area contributed by atoms with Crippen molar-refractivity contribution in [2.45, 2.75) is 25.3 Å². The Morgan fingerprint density at radius 1 is 1.10 bits per heavy atom. The van der Waals surface area contributed by atoms with Gasteiger partial charge < -0.3 is 19.7 Å². The number of benzene rings is 2. The van der Waals surface area contributed by atoms with E-state index in [0.29, 0.717) is 36.9 Å². The van der Waals surface area contributed by atoms with Gasteiger partial charge >= 0.3 is 0 Å². The third-order valence-corrected chi connectivity index (χ3v) is 5.83. The highest BCUT2D eigenvalue weighted by molar-refractivity contribution is 6.00. The predicted octanol–water partition coefficient (Wildman–Crippen LogP) is 2.75. The molecule has 3 aliphatic rings. The molecule has 2 atom stereocenters. The predicted molar refractivity (Wildman–Crippen MR) is 103 cm³/mol. The van der Waals surface area contributed by atoms with Crippen LogP contribution in [0, 0.1) is 11.7 Å². The highest BCUT2D eigenvalue weighted by Crippen LogP contribution is 2.36. The van der Waals surface area contributed by atoms with Crippen molar-refractivity contribution in [2.75, 3.05) is 24.7 Å². The summed E-state index contributed by atoms with van der Waals surface area (Å²) in [4.78, 5) is 27.0. The van der Waals surface area contributed by atoms with Crippen LogP contribution in [0.4, 0.5) is 10.1 Å². The molecule has 6 nitrogen and oxygen atoms in total. The number of ether oxygens (including phenoxy) is 2. The van der Waals surface area contributed by atoms with E-state index in [2.05, 4.69) is 5.32 Å². The lowest BCUT2D eigenvalue weighted by Crippen LogP contribution is -2.35. The highest BCUT2D eigenvalue weighted by atomic mass is 19.1. The summed E-state index contributed by atoms with van der Waals surface area (Å²) in [5.74, 6) is 0.380. The zero-order valence-electron chi connectivity index (χ0n) is 15.8. The number of hydrogen-bond donors (Lipinski definition) is 1. The van der Waals surface area contributed by atoms with Crippen LogP contribution in [0.3, 0.4) is 0 Å². The van der Waals surface area contributed by atoms with Gasteiger partial charge in [0.1, 0.15) is 19.0 Å². The Balaban J connectivity index is 1.28. The molecule has 29 heavy (non-hydrogen) atoms. The topological polar surface area (TPSA) is 67.9 Å². The number of carbonyl (C=O) groups excluding carboxylic acids is 2. The molecule has 1 saturated heterocycles. The number of amides is 2. The van der Waals surface area contributed by atoms with Gasteiger partial charge in [-0.25, -0.2) is 4.39 Å². The van der Waals surface area contributed by atoms with Crippen molar-refractivity contribution in [2.24, 2.45) is 5.92 Å². The summed E-state index contributed by atoms with van der Waals surface area (Å²) in [6, 6.07) is 9.96. The van der Waals surface area contributed by atoms with Gasteiger partial charge in [-0.05, 0) is 48.2 Å². The molecule has 5 rings (SSSR count). The number of aryl methyl sites for hydroxylation is 1. The molecule has 0 bridgehead atoms. The van der Waals surface area contributed by atoms with Crippen LogP contribution in [0.5, 0.6) is 11.5 Å². The number of anilines is 1. The fourth-order valence-corrected chi connectivity index (χ4v) is 4.36. The van der Waals surface area contributed by atoms with Gasteiger partial charge in [0.05, 0.1) is 12.0 Å². The van der Waals surface area contributed by atoms with Crippen molar-refractivity contribution in [3.8, 4) is 11.5 Å². The third kappa shape index (κ3) is 3.30. The minimum Gasteiger partial charge on any atom is -0.486 e. The maximum Gasteiger partial charge on any atom is 0.227 e. The summed E-state index contributed by atoms with van der Waals surface area (Å²) in [6.45, 7) is 1.31. The molecule has 2 aliphatic heterocycles. The maximum atomic E-state index is 13.4. The van der Waals surface area contributed by atoms with Crippen molar-refractivity contribution in [1.82, 2.24) is 5.32 Å². The van der Waals surface area contributed by atoms with Crippen molar-refractivity contribution < 1.29 is 23.5 Å². The van der Waals surface area contributed by atoms with E-state index >= 15 is 0 Å². The summed E-state index contributed by atoms with van der Waals surface area (Å²) >= 11 is 0. The van der Waals surface area contributed by atoms with E-state index in [1.54, 1.807) is 23.1 Å². The summed E-state index contributed by atoms with van der Waals surface area (Å²) in [5, 5.41) is 3.05. The average Bonchev–Trinajstić information content (AvgIpc) is 3.31. The van der Waals surface area contributed by atoms with Crippen LogP contribution < -0.4 is 19.7 Å². The monoisotopic (exact) mass is 396 g/mol. The van der Waals surface area contributed by atoms with Gasteiger partial charge in [0.15, 0.2) is 11.5 Å². The van der Waals surface area contributed by atoms with Crippen LogP contribution in [-0.4, -0.2) is 31.6 Å². The van der Waals surface area contributed by atoms with E-state index in [0.717, 1.165) is 24.0 Å². The van der Waals surface area contributed by atoms with Crippen molar-refractivity contribution in [1.29, 1.82) is 0 Å². The smallest absolute Gasteiger partial charge is 0.227 e. The van der Waals surface area contributed by atoms with Crippen LogP contribution in [0.15, 0.2) is 36.4 Å². The molecule has 2 aromatic rings. The van der Waals surface area contributed by atoms with E-state index in [-0.39, 0.29) is 30.1 Å². The Morgan fingerprint density at radius 2 is 1.93 bits per heavy atom. The molecule has 1 N–H and O–H groups in total. The number of hydrogen-bond acceptors (Lipinski definition) is 4. The van der Waals surface area contributed by atoms with E-state index < -0.39 is 5.92 Å². The second-order valence-corrected chi connectivity index (χ2v) is 7.68. The van der Waals surface area contributed by atoms with E-state index in [1.807, 2.05) is 6.07 Å². The van der Waals surface area contributed by atoms with Crippen LogP contribution in [-0.2, 0) is 16.0 Å². The molecule has 1 aliphatic carbocycles. The summed E-state index contributed by atoms with van der Waals surface area (Å²) in [6.07, 6.45) is 1.66. The lowest BCUT2D eigenvalue weighted by Gasteiger charge is -2.22. The minimum atomic E-state index is -0.416. The van der Waals surface area contributed by atoms with Crippen LogP contribution in [0.2, 0.25) is 0 Å². The van der Waals surface area contributed by atoms with E-state index in [1.165, 1.54) is 12.1 Å². The van der Waals surface area contributed by atoms with Gasteiger partial charge in [0, 0.05) is 24.7 Å². The number of halogens is 1. The lowest BCUT2D eigenvalue weighted by molar-refractivity contribution is -0.127. The first kappa shape index (κ1) is 18.0. The Kier molecular flexibility index (Phi) is 4.38. The minimum absolute atomic E-state index is 0.0873. The number of fused-ring (bicyclic) bond motifs is 2. The molecule has 2 amide bonds. The number of nitrogens with zero attached hydrogens (tertiary/aromatic N) is 1. The van der Waals surface area contributed by atoms with Gasteiger partial charge in [-0.2, -0.15) is 0 Å². The first-order chi connectivity index (χ1) is 14.1. The van der Waals surface area contributed by atoms with Crippen molar-refractivity contribution in [3.63, 3.8) is 0 Å². The molecule has 0 saturated carbocycles. The van der Waals surface area contributed by atoms with Gasteiger partial charge in [0.25, 0.3) is 0 Å². The Bertz CT molecular complexity index is 993. The fraction of sp³-hybridized carbons (Fsp3) is 0.364. The lowest BCUT2D eigenvalue weighted by atomic mass is 10.0. The molecular formula is C22H21FN2O4. The molecule has 0 spiro atoms. The zero-order chi connectivity index (χ0) is 20.0. The average molecular weight is 396 g/mol. The Labute approximate surface area is 167 Å². The molecule has 0 radical (unpaired) electrons.